The van der Waals surface area contributed by atoms with Crippen molar-refractivity contribution in [3.8, 4) is 0 Å². The monoisotopic (exact) mass is 815 g/mol. The lowest BCUT2D eigenvalue weighted by Crippen LogP contribution is -2.30. The lowest BCUT2D eigenvalue weighted by atomic mass is 10.0. The van der Waals surface area contributed by atoms with Crippen LogP contribution in [0.3, 0.4) is 0 Å². The molecule has 0 aromatic rings. The van der Waals surface area contributed by atoms with Crippen LogP contribution >= 0.6 is 7.82 Å². The number of ether oxygens (including phenoxy) is 2. The lowest BCUT2D eigenvalue weighted by molar-refractivity contribution is -0.161. The number of hydrogen-bond donors (Lipinski definition) is 4. The van der Waals surface area contributed by atoms with Crippen LogP contribution in [0.25, 0.3) is 0 Å². The fourth-order valence-electron chi connectivity index (χ4n) is 5.63. The highest BCUT2D eigenvalue weighted by molar-refractivity contribution is 7.47. The summed E-state index contributed by atoms with van der Waals surface area (Å²) in [4.78, 5) is 35.0. The van der Waals surface area contributed by atoms with Gasteiger partial charge in [0.05, 0.1) is 25.9 Å². The number of carbonyl (C=O) groups is 2. The molecule has 0 saturated heterocycles. The zero-order chi connectivity index (χ0) is 41.5. The van der Waals surface area contributed by atoms with Crippen LogP contribution in [0.2, 0.25) is 0 Å². The van der Waals surface area contributed by atoms with Crippen LogP contribution in [0, 0.1) is 5.92 Å². The highest BCUT2D eigenvalue weighted by Gasteiger charge is 2.27. The van der Waals surface area contributed by atoms with E-state index in [2.05, 4.69) is 49.6 Å². The van der Waals surface area contributed by atoms with Crippen molar-refractivity contribution in [3.05, 3.63) is 48.6 Å². The first kappa shape index (κ1) is 53.9. The molecule has 0 heterocycles. The number of hydrogen-bond acceptors (Lipinski definition) is 10. The maximum absolute atomic E-state index is 12.6. The van der Waals surface area contributed by atoms with Crippen LogP contribution in [0.5, 0.6) is 0 Å². The molecule has 1 unspecified atom stereocenters. The molecule has 11 nitrogen and oxygen atoms in total. The molecule has 4 N–H and O–H groups in total. The fraction of sp³-hybridized carbons (Fsp3) is 0.773. The van der Waals surface area contributed by atoms with Crippen LogP contribution in [-0.2, 0) is 32.7 Å². The van der Waals surface area contributed by atoms with Gasteiger partial charge in [-0.1, -0.05) is 159 Å². The van der Waals surface area contributed by atoms with Crippen LogP contribution < -0.4 is 0 Å². The fourth-order valence-corrected chi connectivity index (χ4v) is 6.42. The van der Waals surface area contributed by atoms with E-state index in [1.807, 2.05) is 12.2 Å². The number of rotatable bonds is 39. The van der Waals surface area contributed by atoms with E-state index in [0.717, 1.165) is 44.4 Å². The van der Waals surface area contributed by atoms with E-state index in [1.54, 1.807) is 12.2 Å². The van der Waals surface area contributed by atoms with Gasteiger partial charge in [-0.3, -0.25) is 18.6 Å². The molecule has 0 aromatic carbocycles. The van der Waals surface area contributed by atoms with Crippen molar-refractivity contribution in [2.45, 2.75) is 187 Å². The molecule has 0 aliphatic heterocycles. The van der Waals surface area contributed by atoms with Gasteiger partial charge in [0.2, 0.25) is 0 Å². The third-order valence-electron chi connectivity index (χ3n) is 9.02. The second-order valence-electron chi connectivity index (χ2n) is 15.0. The van der Waals surface area contributed by atoms with Crippen LogP contribution in [0.4, 0.5) is 0 Å². The Bertz CT molecular complexity index is 1100. The molecule has 0 aromatic heterocycles. The van der Waals surface area contributed by atoms with Gasteiger partial charge in [-0.25, -0.2) is 4.57 Å². The first-order chi connectivity index (χ1) is 27.0. The van der Waals surface area contributed by atoms with Gasteiger partial charge in [0, 0.05) is 12.8 Å². The minimum absolute atomic E-state index is 0.0442. The minimum Gasteiger partial charge on any atom is -0.462 e. The van der Waals surface area contributed by atoms with Crippen molar-refractivity contribution in [3.63, 3.8) is 0 Å². The van der Waals surface area contributed by atoms with Gasteiger partial charge in [0.25, 0.3) is 0 Å². The third-order valence-corrected chi connectivity index (χ3v) is 9.97. The molecule has 0 fully saturated rings. The summed E-state index contributed by atoms with van der Waals surface area (Å²) in [5.41, 5.74) is 0. The second kappa shape index (κ2) is 38.4. The summed E-state index contributed by atoms with van der Waals surface area (Å²) in [7, 11) is -4.67. The molecule has 0 saturated carbocycles. The quantitative estimate of drug-likeness (QED) is 0.0153. The number of aliphatic hydroxyl groups is 3. The van der Waals surface area contributed by atoms with E-state index < -0.39 is 57.9 Å². The number of phosphoric acid groups is 1. The topological polar surface area (TPSA) is 169 Å². The lowest BCUT2D eigenvalue weighted by Gasteiger charge is -2.20. The second-order valence-corrected chi connectivity index (χ2v) is 16.5. The Hall–Kier alpha value is -2.11. The minimum atomic E-state index is -4.67. The number of aliphatic hydroxyl groups excluding tert-OH is 3. The molecule has 0 aliphatic carbocycles. The summed E-state index contributed by atoms with van der Waals surface area (Å²) in [5.74, 6) is -0.327. The maximum atomic E-state index is 12.6. The Balaban J connectivity index is 4.50. The van der Waals surface area contributed by atoms with E-state index in [1.165, 1.54) is 77.0 Å². The Labute approximate surface area is 339 Å². The standard InChI is InChI=1S/C44H79O11P/c1-4-5-6-7-8-9-10-11-15-18-21-24-27-31-40(46)32-29-34-44(49)55-42(38-54-56(50,51)53-36-41(47)35-45)37-52-43(48)33-28-25-22-19-16-13-12-14-17-20-23-26-30-39(2)3/h8-9,11,15,21,24,27,31,39-42,45-47H,4-7,10,12-14,16-20,22-23,25-26,28-30,32-38H2,1-3H3,(H,50,51)/b9-8-,15-11-,24-21-,31-27+/t40-,41-,42+/m0/s1. The Morgan fingerprint density at radius 2 is 1.21 bits per heavy atom. The third kappa shape index (κ3) is 38.7. The SMILES string of the molecule is CCCCC/C=C\C/C=C\C/C=C\C=C\[C@H](O)CCCC(=O)O[C@H](COC(=O)CCCCCCCCCCCCCCC(C)C)COP(=O)(O)OC[C@@H](O)CO. The molecule has 12 heteroatoms. The summed E-state index contributed by atoms with van der Waals surface area (Å²) < 4.78 is 32.5. The van der Waals surface area contributed by atoms with Crippen molar-refractivity contribution in [1.82, 2.24) is 0 Å². The van der Waals surface area contributed by atoms with Gasteiger partial charge in [0.15, 0.2) is 6.10 Å². The zero-order valence-corrected chi connectivity index (χ0v) is 36.0. The van der Waals surface area contributed by atoms with Crippen molar-refractivity contribution in [2.75, 3.05) is 26.4 Å². The van der Waals surface area contributed by atoms with E-state index in [4.69, 9.17) is 19.1 Å². The Kier molecular flexibility index (Phi) is 37.0. The van der Waals surface area contributed by atoms with Gasteiger partial charge < -0.3 is 29.7 Å². The van der Waals surface area contributed by atoms with Crippen LogP contribution in [-0.4, -0.2) is 76.9 Å². The molecular formula is C44H79O11P. The van der Waals surface area contributed by atoms with Gasteiger partial charge in [-0.15, -0.1) is 0 Å². The van der Waals surface area contributed by atoms with E-state index in [9.17, 15) is 29.3 Å². The molecule has 0 radical (unpaired) electrons. The van der Waals surface area contributed by atoms with E-state index in [0.29, 0.717) is 19.3 Å². The average molecular weight is 815 g/mol. The summed E-state index contributed by atoms with van der Waals surface area (Å²) in [6.45, 7) is 4.44. The van der Waals surface area contributed by atoms with E-state index >= 15 is 0 Å². The highest BCUT2D eigenvalue weighted by Crippen LogP contribution is 2.43. The number of phosphoric ester groups is 1. The molecule has 0 amide bonds. The van der Waals surface area contributed by atoms with Crippen molar-refractivity contribution in [2.24, 2.45) is 5.92 Å². The molecule has 56 heavy (non-hydrogen) atoms. The highest BCUT2D eigenvalue weighted by atomic mass is 31.2. The average Bonchev–Trinajstić information content (AvgIpc) is 3.16. The number of allylic oxidation sites excluding steroid dienone is 7. The van der Waals surface area contributed by atoms with Gasteiger partial charge in [-0.2, -0.15) is 0 Å². The van der Waals surface area contributed by atoms with Crippen molar-refractivity contribution in [1.29, 1.82) is 0 Å². The summed E-state index contributed by atoms with van der Waals surface area (Å²) in [6, 6.07) is 0. The Morgan fingerprint density at radius 3 is 1.84 bits per heavy atom. The van der Waals surface area contributed by atoms with Crippen molar-refractivity contribution >= 4 is 19.8 Å². The number of unbranched alkanes of at least 4 members (excludes halogenated alkanes) is 14. The van der Waals surface area contributed by atoms with Gasteiger partial charge >= 0.3 is 19.8 Å². The number of carbonyl (C=O) groups excluding carboxylic acids is 2. The molecule has 0 bridgehead atoms. The predicted octanol–water partition coefficient (Wildman–Crippen LogP) is 10.2. The first-order valence-electron chi connectivity index (χ1n) is 21.6. The van der Waals surface area contributed by atoms with Crippen LogP contribution in [0.1, 0.15) is 168 Å². The summed E-state index contributed by atoms with van der Waals surface area (Å²) in [5, 5.41) is 28.6. The number of esters is 2. The molecule has 0 rings (SSSR count). The molecular weight excluding hydrogens is 735 g/mol. The first-order valence-corrected chi connectivity index (χ1v) is 23.1. The van der Waals surface area contributed by atoms with Crippen LogP contribution in [0.15, 0.2) is 48.6 Å². The molecule has 0 aliphatic rings. The maximum Gasteiger partial charge on any atom is 0.472 e. The summed E-state index contributed by atoms with van der Waals surface area (Å²) in [6.07, 6.45) is 35.4. The normalized spacial score (nSPS) is 15.0. The molecule has 326 valence electrons. The predicted molar refractivity (Wildman–Crippen MR) is 225 cm³/mol. The summed E-state index contributed by atoms with van der Waals surface area (Å²) >= 11 is 0. The zero-order valence-electron chi connectivity index (χ0n) is 35.1. The Morgan fingerprint density at radius 1 is 0.643 bits per heavy atom. The van der Waals surface area contributed by atoms with Gasteiger partial charge in [-0.05, 0) is 50.9 Å². The van der Waals surface area contributed by atoms with E-state index in [-0.39, 0.29) is 19.4 Å². The molecule has 4 atom stereocenters. The largest absolute Gasteiger partial charge is 0.472 e. The van der Waals surface area contributed by atoms with Crippen molar-refractivity contribution < 1.29 is 52.9 Å². The van der Waals surface area contributed by atoms with Gasteiger partial charge in [0.1, 0.15) is 12.7 Å². The molecule has 0 spiro atoms. The smallest absolute Gasteiger partial charge is 0.462 e.